The Morgan fingerprint density at radius 3 is 2.38 bits per heavy atom. The van der Waals surface area contributed by atoms with E-state index in [9.17, 15) is 14.9 Å². The Kier molecular flexibility index (Phi) is 6.50. The Balaban J connectivity index is 1.57. The van der Waals surface area contributed by atoms with Crippen molar-refractivity contribution in [3.05, 3.63) is 63.2 Å². The summed E-state index contributed by atoms with van der Waals surface area (Å²) in [6, 6.07) is 11.5. The second-order valence-corrected chi connectivity index (χ2v) is 7.16. The molecule has 0 atom stereocenters. The van der Waals surface area contributed by atoms with Crippen molar-refractivity contribution in [2.24, 2.45) is 0 Å². The number of piperazine rings is 1. The van der Waals surface area contributed by atoms with Crippen molar-refractivity contribution in [1.82, 2.24) is 4.90 Å². The molecule has 2 aromatic rings. The van der Waals surface area contributed by atoms with E-state index in [2.05, 4.69) is 15.0 Å². The van der Waals surface area contributed by atoms with Gasteiger partial charge in [-0.3, -0.25) is 10.1 Å². The van der Waals surface area contributed by atoms with Crippen molar-refractivity contribution < 1.29 is 14.5 Å². The average Bonchev–Trinajstić information content (AvgIpc) is 2.73. The zero-order chi connectivity index (χ0) is 21.0. The molecule has 0 radical (unpaired) electrons. The summed E-state index contributed by atoms with van der Waals surface area (Å²) in [6.45, 7) is 2.89. The van der Waals surface area contributed by atoms with Gasteiger partial charge in [-0.15, -0.1) is 0 Å². The number of rotatable bonds is 4. The number of methoxy groups -OCH3 is 1. The van der Waals surface area contributed by atoms with Crippen LogP contribution in [0.2, 0.25) is 5.02 Å². The maximum atomic E-state index is 11.6. The van der Waals surface area contributed by atoms with Crippen LogP contribution in [-0.4, -0.2) is 54.2 Å². The normalized spacial score (nSPS) is 13.7. The van der Waals surface area contributed by atoms with Gasteiger partial charge in [-0.1, -0.05) is 11.6 Å². The standard InChI is InChI=1S/C19H19ClN4O4S/c1-28-18(25)16-7-2-13(12-17(16)20)21-19(29)23-10-8-22(9-11-23)14-3-5-15(6-4-14)24(26)27/h2-7,12H,8-11H2,1H3,(H,21,29). The van der Waals surface area contributed by atoms with E-state index in [1.165, 1.54) is 19.2 Å². The number of ether oxygens (including phenoxy) is 1. The maximum Gasteiger partial charge on any atom is 0.339 e. The highest BCUT2D eigenvalue weighted by molar-refractivity contribution is 7.80. The summed E-state index contributed by atoms with van der Waals surface area (Å²) in [6.07, 6.45) is 0. The van der Waals surface area contributed by atoms with Gasteiger partial charge in [0, 0.05) is 49.7 Å². The van der Waals surface area contributed by atoms with E-state index in [1.807, 2.05) is 4.90 Å². The molecule has 1 saturated heterocycles. The lowest BCUT2D eigenvalue weighted by Gasteiger charge is -2.37. The summed E-state index contributed by atoms with van der Waals surface area (Å²) < 4.78 is 4.68. The number of thiocarbonyl (C=S) groups is 1. The fourth-order valence-electron chi connectivity index (χ4n) is 3.02. The first kappa shape index (κ1) is 20.8. The van der Waals surface area contributed by atoms with E-state index in [-0.39, 0.29) is 10.7 Å². The molecule has 0 aromatic heterocycles. The third-order valence-electron chi connectivity index (χ3n) is 4.62. The number of benzene rings is 2. The quantitative estimate of drug-likeness (QED) is 0.338. The number of anilines is 2. The predicted molar refractivity (Wildman–Crippen MR) is 116 cm³/mol. The highest BCUT2D eigenvalue weighted by Gasteiger charge is 2.20. The minimum Gasteiger partial charge on any atom is -0.465 e. The number of carbonyl (C=O) groups excluding carboxylic acids is 1. The molecule has 29 heavy (non-hydrogen) atoms. The zero-order valence-electron chi connectivity index (χ0n) is 15.6. The SMILES string of the molecule is COC(=O)c1ccc(NC(=S)N2CCN(c3ccc([N+](=O)[O-])cc3)CC2)cc1Cl. The van der Waals surface area contributed by atoms with E-state index in [0.29, 0.717) is 29.5 Å². The molecule has 2 aromatic carbocycles. The Labute approximate surface area is 178 Å². The van der Waals surface area contributed by atoms with Gasteiger partial charge in [0.15, 0.2) is 5.11 Å². The van der Waals surface area contributed by atoms with Crippen LogP contribution in [0.25, 0.3) is 0 Å². The van der Waals surface area contributed by atoms with Gasteiger partial charge < -0.3 is 19.9 Å². The first-order chi connectivity index (χ1) is 13.9. The molecule has 0 amide bonds. The van der Waals surface area contributed by atoms with Crippen LogP contribution < -0.4 is 10.2 Å². The molecule has 1 N–H and O–H groups in total. The van der Waals surface area contributed by atoms with Crippen molar-refractivity contribution in [2.45, 2.75) is 0 Å². The van der Waals surface area contributed by atoms with Crippen molar-refractivity contribution >= 4 is 52.0 Å². The number of nitrogens with one attached hydrogen (secondary N) is 1. The number of esters is 1. The van der Waals surface area contributed by atoms with E-state index in [1.54, 1.807) is 30.3 Å². The van der Waals surface area contributed by atoms with Crippen LogP contribution in [0.1, 0.15) is 10.4 Å². The highest BCUT2D eigenvalue weighted by Crippen LogP contribution is 2.23. The first-order valence-electron chi connectivity index (χ1n) is 8.82. The van der Waals surface area contributed by atoms with Crippen LogP contribution in [0, 0.1) is 10.1 Å². The number of hydrogen-bond acceptors (Lipinski definition) is 6. The molecule has 1 fully saturated rings. The molecule has 152 valence electrons. The molecule has 8 nitrogen and oxygen atoms in total. The summed E-state index contributed by atoms with van der Waals surface area (Å²) in [5.74, 6) is -0.494. The summed E-state index contributed by atoms with van der Waals surface area (Å²) in [5.41, 5.74) is 2.00. The molecule has 0 aliphatic carbocycles. The van der Waals surface area contributed by atoms with Gasteiger partial charge in [-0.05, 0) is 42.5 Å². The number of non-ortho nitro benzene ring substituents is 1. The number of nitro groups is 1. The second kappa shape index (κ2) is 9.06. The second-order valence-electron chi connectivity index (χ2n) is 6.36. The van der Waals surface area contributed by atoms with Crippen molar-refractivity contribution in [3.8, 4) is 0 Å². The lowest BCUT2D eigenvalue weighted by molar-refractivity contribution is -0.384. The smallest absolute Gasteiger partial charge is 0.339 e. The molecule has 0 spiro atoms. The number of carbonyl (C=O) groups is 1. The maximum absolute atomic E-state index is 11.6. The van der Waals surface area contributed by atoms with Gasteiger partial charge in [-0.25, -0.2) is 4.79 Å². The number of halogens is 1. The van der Waals surface area contributed by atoms with E-state index < -0.39 is 10.9 Å². The Hall–Kier alpha value is -2.91. The van der Waals surface area contributed by atoms with Crippen molar-refractivity contribution in [2.75, 3.05) is 43.5 Å². The van der Waals surface area contributed by atoms with Crippen LogP contribution in [-0.2, 0) is 4.74 Å². The first-order valence-corrected chi connectivity index (χ1v) is 9.61. The van der Waals surface area contributed by atoms with Gasteiger partial charge in [0.1, 0.15) is 0 Å². The van der Waals surface area contributed by atoms with Gasteiger partial charge in [0.2, 0.25) is 0 Å². The Bertz CT molecular complexity index is 930. The van der Waals surface area contributed by atoms with E-state index >= 15 is 0 Å². The molecule has 10 heteroatoms. The summed E-state index contributed by atoms with van der Waals surface area (Å²) >= 11 is 11.6. The topological polar surface area (TPSA) is 88.0 Å². The molecule has 0 saturated carbocycles. The molecular formula is C19H19ClN4O4S. The fraction of sp³-hybridized carbons (Fsp3) is 0.263. The van der Waals surface area contributed by atoms with Gasteiger partial charge in [-0.2, -0.15) is 0 Å². The van der Waals surface area contributed by atoms with Gasteiger partial charge in [0.25, 0.3) is 5.69 Å². The third kappa shape index (κ3) is 4.93. The van der Waals surface area contributed by atoms with Gasteiger partial charge >= 0.3 is 5.97 Å². The lowest BCUT2D eigenvalue weighted by Crippen LogP contribution is -2.50. The molecule has 1 aliphatic rings. The van der Waals surface area contributed by atoms with Crippen LogP contribution >= 0.6 is 23.8 Å². The highest BCUT2D eigenvalue weighted by atomic mass is 35.5. The average molecular weight is 435 g/mol. The van der Waals surface area contributed by atoms with Crippen molar-refractivity contribution in [3.63, 3.8) is 0 Å². The zero-order valence-corrected chi connectivity index (χ0v) is 17.2. The minimum atomic E-state index is -0.494. The predicted octanol–water partition coefficient (Wildman–Crippen LogP) is 3.55. The molecule has 0 bridgehead atoms. The summed E-state index contributed by atoms with van der Waals surface area (Å²) in [7, 11) is 1.30. The van der Waals surface area contributed by atoms with Crippen LogP contribution in [0.5, 0.6) is 0 Å². The van der Waals surface area contributed by atoms with Gasteiger partial charge in [0.05, 0.1) is 22.6 Å². The van der Waals surface area contributed by atoms with E-state index in [4.69, 9.17) is 23.8 Å². The van der Waals surface area contributed by atoms with Crippen LogP contribution in [0.4, 0.5) is 17.1 Å². The molecule has 1 aliphatic heterocycles. The van der Waals surface area contributed by atoms with Crippen molar-refractivity contribution in [1.29, 1.82) is 0 Å². The Morgan fingerprint density at radius 1 is 1.17 bits per heavy atom. The summed E-state index contributed by atoms with van der Waals surface area (Å²) in [4.78, 5) is 26.2. The number of hydrogen-bond donors (Lipinski definition) is 1. The molecule has 3 rings (SSSR count). The summed E-state index contributed by atoms with van der Waals surface area (Å²) in [5, 5.41) is 14.8. The molecule has 1 heterocycles. The molecule has 0 unspecified atom stereocenters. The third-order valence-corrected chi connectivity index (χ3v) is 5.29. The Morgan fingerprint density at radius 2 is 1.83 bits per heavy atom. The number of nitro benzene ring substituents is 1. The monoisotopic (exact) mass is 434 g/mol. The largest absolute Gasteiger partial charge is 0.465 e. The fourth-order valence-corrected chi connectivity index (χ4v) is 3.58. The van der Waals surface area contributed by atoms with E-state index in [0.717, 1.165) is 18.8 Å². The van der Waals surface area contributed by atoms with Crippen LogP contribution in [0.3, 0.4) is 0 Å². The van der Waals surface area contributed by atoms with Crippen LogP contribution in [0.15, 0.2) is 42.5 Å². The lowest BCUT2D eigenvalue weighted by atomic mass is 10.2. The minimum absolute atomic E-state index is 0.0784. The number of nitrogens with zero attached hydrogens (tertiary/aromatic N) is 3. The molecular weight excluding hydrogens is 416 g/mol.